The first-order valence-electron chi connectivity index (χ1n) is 8.96. The van der Waals surface area contributed by atoms with Crippen LogP contribution in [-0.2, 0) is 17.6 Å². The number of hydrogen-bond donors (Lipinski definition) is 2. The second kappa shape index (κ2) is 8.84. The summed E-state index contributed by atoms with van der Waals surface area (Å²) in [6, 6.07) is 10.1. The van der Waals surface area contributed by atoms with Crippen LogP contribution < -0.4 is 10.6 Å². The molecule has 0 bridgehead atoms. The SMILES string of the molecule is O=C(Cc1csc(CCC(F)(F)F)n1)N[C@@H]1CNCC[C@@H]1c1ccccc1. The first kappa shape index (κ1) is 19.8. The number of nitrogens with one attached hydrogen (secondary N) is 2. The number of aromatic nitrogens is 1. The van der Waals surface area contributed by atoms with E-state index < -0.39 is 12.6 Å². The predicted octanol–water partition coefficient (Wildman–Crippen LogP) is 3.44. The van der Waals surface area contributed by atoms with Crippen LogP contribution in [0.1, 0.15) is 35.0 Å². The largest absolute Gasteiger partial charge is 0.389 e. The maximum absolute atomic E-state index is 12.4. The monoisotopic (exact) mass is 397 g/mol. The van der Waals surface area contributed by atoms with E-state index in [9.17, 15) is 18.0 Å². The molecule has 1 amide bonds. The molecule has 8 heteroatoms. The first-order valence-corrected chi connectivity index (χ1v) is 9.84. The van der Waals surface area contributed by atoms with E-state index in [1.165, 1.54) is 16.9 Å². The molecule has 0 aliphatic carbocycles. The van der Waals surface area contributed by atoms with Crippen LogP contribution >= 0.6 is 11.3 Å². The number of benzene rings is 1. The van der Waals surface area contributed by atoms with E-state index in [0.29, 0.717) is 17.2 Å². The van der Waals surface area contributed by atoms with Crippen molar-refractivity contribution in [2.24, 2.45) is 0 Å². The minimum Gasteiger partial charge on any atom is -0.351 e. The van der Waals surface area contributed by atoms with E-state index in [-0.39, 0.29) is 30.7 Å². The van der Waals surface area contributed by atoms with Crippen molar-refractivity contribution in [3.05, 3.63) is 52.0 Å². The Morgan fingerprint density at radius 2 is 2.07 bits per heavy atom. The molecule has 0 radical (unpaired) electrons. The van der Waals surface area contributed by atoms with Gasteiger partial charge in [0.15, 0.2) is 0 Å². The Labute approximate surface area is 160 Å². The second-order valence-corrected chi connectivity index (χ2v) is 7.65. The molecule has 0 spiro atoms. The third-order valence-electron chi connectivity index (χ3n) is 4.62. The number of nitrogens with zero attached hydrogens (tertiary/aromatic N) is 1. The highest BCUT2D eigenvalue weighted by Gasteiger charge is 2.28. The summed E-state index contributed by atoms with van der Waals surface area (Å²) in [5.41, 5.74) is 1.72. The number of thiazole rings is 1. The molecule has 27 heavy (non-hydrogen) atoms. The quantitative estimate of drug-likeness (QED) is 0.785. The fraction of sp³-hybridized carbons (Fsp3) is 0.474. The van der Waals surface area contributed by atoms with Crippen LogP contribution in [0.3, 0.4) is 0 Å². The zero-order valence-electron chi connectivity index (χ0n) is 14.8. The van der Waals surface area contributed by atoms with E-state index in [1.807, 2.05) is 18.2 Å². The predicted molar refractivity (Wildman–Crippen MR) is 98.8 cm³/mol. The Kier molecular flexibility index (Phi) is 6.49. The van der Waals surface area contributed by atoms with Gasteiger partial charge in [-0.25, -0.2) is 4.98 Å². The average Bonchev–Trinajstić information content (AvgIpc) is 3.08. The fourth-order valence-electron chi connectivity index (χ4n) is 3.33. The first-order chi connectivity index (χ1) is 12.9. The fourth-order valence-corrected chi connectivity index (χ4v) is 4.12. The highest BCUT2D eigenvalue weighted by molar-refractivity contribution is 7.09. The van der Waals surface area contributed by atoms with Crippen LogP contribution in [0.4, 0.5) is 13.2 Å². The lowest BCUT2D eigenvalue weighted by Gasteiger charge is -2.33. The highest BCUT2D eigenvalue weighted by atomic mass is 32.1. The molecule has 1 aliphatic rings. The smallest absolute Gasteiger partial charge is 0.351 e. The number of aryl methyl sites for hydroxylation is 1. The van der Waals surface area contributed by atoms with Gasteiger partial charge < -0.3 is 10.6 Å². The van der Waals surface area contributed by atoms with Gasteiger partial charge in [-0.2, -0.15) is 13.2 Å². The molecule has 4 nitrogen and oxygen atoms in total. The van der Waals surface area contributed by atoms with Crippen molar-refractivity contribution in [1.82, 2.24) is 15.6 Å². The lowest BCUT2D eigenvalue weighted by atomic mass is 9.86. The molecule has 2 N–H and O–H groups in total. The summed E-state index contributed by atoms with van der Waals surface area (Å²) in [6.07, 6.45) is -4.20. The molecule has 0 unspecified atom stereocenters. The number of amides is 1. The Morgan fingerprint density at radius 1 is 1.30 bits per heavy atom. The Morgan fingerprint density at radius 3 is 2.81 bits per heavy atom. The minimum absolute atomic E-state index is 0.0167. The highest BCUT2D eigenvalue weighted by Crippen LogP contribution is 2.26. The van der Waals surface area contributed by atoms with Crippen molar-refractivity contribution >= 4 is 17.2 Å². The molecule has 3 rings (SSSR count). The Balaban J connectivity index is 1.56. The third kappa shape index (κ3) is 6.04. The molecule has 1 aromatic carbocycles. The second-order valence-electron chi connectivity index (χ2n) is 6.71. The topological polar surface area (TPSA) is 54.0 Å². The molecule has 1 aliphatic heterocycles. The van der Waals surface area contributed by atoms with E-state index in [2.05, 4.69) is 27.8 Å². The van der Waals surface area contributed by atoms with Gasteiger partial charge in [-0.15, -0.1) is 11.3 Å². The summed E-state index contributed by atoms with van der Waals surface area (Å²) in [5, 5.41) is 8.45. The maximum Gasteiger partial charge on any atom is 0.389 e. The van der Waals surface area contributed by atoms with Crippen molar-refractivity contribution in [3.63, 3.8) is 0 Å². The van der Waals surface area contributed by atoms with Crippen molar-refractivity contribution in [3.8, 4) is 0 Å². The summed E-state index contributed by atoms with van der Waals surface area (Å²) in [5.74, 6) is 0.0893. The number of halogens is 3. The maximum atomic E-state index is 12.4. The van der Waals surface area contributed by atoms with E-state index in [1.54, 1.807) is 5.38 Å². The van der Waals surface area contributed by atoms with Gasteiger partial charge in [-0.1, -0.05) is 30.3 Å². The van der Waals surface area contributed by atoms with Gasteiger partial charge in [0.2, 0.25) is 5.91 Å². The van der Waals surface area contributed by atoms with E-state index >= 15 is 0 Å². The van der Waals surface area contributed by atoms with Crippen LogP contribution in [0, 0.1) is 0 Å². The third-order valence-corrected chi connectivity index (χ3v) is 5.58. The van der Waals surface area contributed by atoms with Gasteiger partial charge in [0.05, 0.1) is 17.1 Å². The molecule has 2 aromatic rings. The van der Waals surface area contributed by atoms with Gasteiger partial charge >= 0.3 is 6.18 Å². The van der Waals surface area contributed by atoms with Crippen LogP contribution in [0.15, 0.2) is 35.7 Å². The van der Waals surface area contributed by atoms with Gasteiger partial charge in [-0.05, 0) is 18.5 Å². The van der Waals surface area contributed by atoms with Crippen molar-refractivity contribution in [1.29, 1.82) is 0 Å². The molecule has 1 aromatic heterocycles. The zero-order chi connectivity index (χ0) is 19.3. The van der Waals surface area contributed by atoms with Crippen molar-refractivity contribution in [2.45, 2.75) is 43.8 Å². The number of piperidine rings is 1. The number of rotatable bonds is 6. The summed E-state index contributed by atoms with van der Waals surface area (Å²) in [4.78, 5) is 16.6. The molecule has 146 valence electrons. The molecular formula is C19H22F3N3OS. The van der Waals surface area contributed by atoms with E-state index in [0.717, 1.165) is 13.0 Å². The summed E-state index contributed by atoms with van der Waals surface area (Å²) < 4.78 is 36.9. The lowest BCUT2D eigenvalue weighted by Crippen LogP contribution is -2.50. The molecule has 2 heterocycles. The van der Waals surface area contributed by atoms with Crippen molar-refractivity contribution in [2.75, 3.05) is 13.1 Å². The van der Waals surface area contributed by atoms with Gasteiger partial charge in [0.1, 0.15) is 0 Å². The summed E-state index contributed by atoms with van der Waals surface area (Å²) >= 11 is 1.17. The van der Waals surface area contributed by atoms with Crippen LogP contribution in [0.25, 0.3) is 0 Å². The molecule has 0 saturated carbocycles. The average molecular weight is 397 g/mol. The van der Waals surface area contributed by atoms with Crippen LogP contribution in [-0.4, -0.2) is 36.2 Å². The Hall–Kier alpha value is -1.93. The summed E-state index contributed by atoms with van der Waals surface area (Å²) in [7, 11) is 0. The number of carbonyl (C=O) groups excluding carboxylic acids is 1. The number of carbonyl (C=O) groups is 1. The van der Waals surface area contributed by atoms with Crippen molar-refractivity contribution < 1.29 is 18.0 Å². The number of alkyl halides is 3. The molecule has 2 atom stereocenters. The zero-order valence-corrected chi connectivity index (χ0v) is 15.6. The van der Waals surface area contributed by atoms with E-state index in [4.69, 9.17) is 0 Å². The molecular weight excluding hydrogens is 375 g/mol. The minimum atomic E-state index is -4.19. The van der Waals surface area contributed by atoms with Crippen LogP contribution in [0.2, 0.25) is 0 Å². The van der Waals surface area contributed by atoms with Crippen LogP contribution in [0.5, 0.6) is 0 Å². The molecule has 1 fully saturated rings. The van der Waals surface area contributed by atoms with Gasteiger partial charge in [-0.3, -0.25) is 4.79 Å². The number of hydrogen-bond acceptors (Lipinski definition) is 4. The Bertz CT molecular complexity index is 748. The van der Waals surface area contributed by atoms with Gasteiger partial charge in [0.25, 0.3) is 0 Å². The standard InChI is InChI=1S/C19H22F3N3OS/c20-19(21,22)8-6-18-24-14(12-27-18)10-17(26)25-16-11-23-9-7-15(16)13-4-2-1-3-5-13/h1-5,12,15-16,23H,6-11H2,(H,25,26)/t15-,16-/m1/s1. The molecule has 1 saturated heterocycles. The normalized spacial score (nSPS) is 20.4. The lowest BCUT2D eigenvalue weighted by molar-refractivity contribution is -0.134. The summed E-state index contributed by atoms with van der Waals surface area (Å²) in [6.45, 7) is 1.60. The van der Waals surface area contributed by atoms with Gasteiger partial charge in [0, 0.05) is 36.7 Å².